The number of phenols is 1. The van der Waals surface area contributed by atoms with Crippen molar-refractivity contribution in [1.82, 2.24) is 10.6 Å². The predicted octanol–water partition coefficient (Wildman–Crippen LogP) is 2.68. The first-order valence-electron chi connectivity index (χ1n) is 11.4. The van der Waals surface area contributed by atoms with E-state index in [0.29, 0.717) is 31.4 Å². The maximum Gasteiger partial charge on any atom is 0.325 e. The van der Waals surface area contributed by atoms with Crippen LogP contribution in [0.2, 0.25) is 0 Å². The Morgan fingerprint density at radius 1 is 1.24 bits per heavy atom. The summed E-state index contributed by atoms with van der Waals surface area (Å²) in [5.74, 6) is -1.01. The van der Waals surface area contributed by atoms with Crippen LogP contribution < -0.4 is 15.4 Å². The van der Waals surface area contributed by atoms with E-state index in [1.807, 2.05) is 0 Å². The lowest BCUT2D eigenvalue weighted by atomic mass is 10.0. The van der Waals surface area contributed by atoms with Gasteiger partial charge in [0.25, 0.3) is 0 Å². The highest BCUT2D eigenvalue weighted by molar-refractivity contribution is 8.00. The van der Waals surface area contributed by atoms with E-state index in [1.165, 1.54) is 25.8 Å². The highest BCUT2D eigenvalue weighted by Gasteiger charge is 2.24. The fourth-order valence-electron chi connectivity index (χ4n) is 3.27. The number of ketones is 1. The molecule has 3 atom stereocenters. The minimum Gasteiger partial charge on any atom is -0.504 e. The van der Waals surface area contributed by atoms with Crippen LogP contribution in [0.4, 0.5) is 0 Å². The molecule has 190 valence electrons. The van der Waals surface area contributed by atoms with Crippen LogP contribution in [-0.4, -0.2) is 64.5 Å². The number of carboxylic acids is 1. The molecule has 0 fully saturated rings. The van der Waals surface area contributed by atoms with E-state index in [2.05, 4.69) is 17.6 Å². The van der Waals surface area contributed by atoms with Crippen LogP contribution in [-0.2, 0) is 25.6 Å². The lowest BCUT2D eigenvalue weighted by molar-refractivity contribution is -0.141. The van der Waals surface area contributed by atoms with Crippen molar-refractivity contribution < 1.29 is 34.1 Å². The Hall–Kier alpha value is -2.75. The Balaban J connectivity index is 2.70. The zero-order valence-corrected chi connectivity index (χ0v) is 20.9. The number of aliphatic carboxylic acids is 1. The maximum absolute atomic E-state index is 12.7. The highest BCUT2D eigenvalue weighted by atomic mass is 32.2. The molecule has 1 aromatic rings. The van der Waals surface area contributed by atoms with E-state index in [-0.39, 0.29) is 22.5 Å². The largest absolute Gasteiger partial charge is 0.504 e. The van der Waals surface area contributed by atoms with Gasteiger partial charge in [0, 0.05) is 23.8 Å². The topological polar surface area (TPSA) is 142 Å². The number of hydrogen-bond acceptors (Lipinski definition) is 7. The Kier molecular flexibility index (Phi) is 13.8. The number of aryl methyl sites for hydroxylation is 1. The predicted molar refractivity (Wildman–Crippen MR) is 131 cm³/mol. The molecule has 0 spiro atoms. The van der Waals surface area contributed by atoms with Gasteiger partial charge in [-0.15, -0.1) is 0 Å². The molecule has 10 heteroatoms. The number of ether oxygens (including phenoxy) is 1. The van der Waals surface area contributed by atoms with Crippen LogP contribution in [0.5, 0.6) is 11.5 Å². The molecule has 0 saturated carbocycles. The van der Waals surface area contributed by atoms with Crippen LogP contribution in [0.25, 0.3) is 0 Å². The quantitative estimate of drug-likeness (QED) is 0.179. The molecule has 1 aromatic carbocycles. The number of phenolic OH excluding ortho intramolecular Hbond substituents is 1. The number of carbonyl (C=O) groups excluding carboxylic acids is 3. The zero-order valence-electron chi connectivity index (χ0n) is 20.0. The summed E-state index contributed by atoms with van der Waals surface area (Å²) in [4.78, 5) is 47.0. The van der Waals surface area contributed by atoms with E-state index in [1.54, 1.807) is 18.2 Å². The number of thioether (sulfide) groups is 1. The van der Waals surface area contributed by atoms with Crippen molar-refractivity contribution >= 4 is 35.8 Å². The second kappa shape index (κ2) is 16.0. The van der Waals surface area contributed by atoms with E-state index >= 15 is 0 Å². The molecule has 9 nitrogen and oxygen atoms in total. The number of aromatic hydroxyl groups is 1. The fourth-order valence-corrected chi connectivity index (χ4v) is 4.62. The van der Waals surface area contributed by atoms with Gasteiger partial charge in [-0.3, -0.25) is 19.2 Å². The number of benzene rings is 1. The van der Waals surface area contributed by atoms with E-state index < -0.39 is 24.0 Å². The SMILES string of the molecule is CCCCCC(CC(=O)CCc1ccc(O)c(OC)c1)SCC(NC=O)C(=O)NC(C)C(=O)O. The van der Waals surface area contributed by atoms with Crippen molar-refractivity contribution in [3.05, 3.63) is 23.8 Å². The molecule has 0 aliphatic rings. The van der Waals surface area contributed by atoms with Gasteiger partial charge in [0.05, 0.1) is 7.11 Å². The molecule has 0 aliphatic heterocycles. The fraction of sp³-hybridized carbons (Fsp3) is 0.583. The highest BCUT2D eigenvalue weighted by Crippen LogP contribution is 2.27. The molecule has 2 amide bonds. The molecule has 1 rings (SSSR count). The molecule has 0 aliphatic carbocycles. The van der Waals surface area contributed by atoms with E-state index in [0.717, 1.165) is 31.2 Å². The van der Waals surface area contributed by atoms with Gasteiger partial charge < -0.3 is 25.6 Å². The molecule has 0 aromatic heterocycles. The number of Topliss-reactive ketones (excluding diaryl/α,β-unsaturated/α-hetero) is 1. The minimum absolute atomic E-state index is 0.0194. The maximum atomic E-state index is 12.7. The third kappa shape index (κ3) is 10.9. The Labute approximate surface area is 205 Å². The molecule has 0 bridgehead atoms. The van der Waals surface area contributed by atoms with Crippen LogP contribution in [0, 0.1) is 0 Å². The van der Waals surface area contributed by atoms with Crippen LogP contribution in [0.15, 0.2) is 18.2 Å². The number of methoxy groups -OCH3 is 1. The van der Waals surface area contributed by atoms with Crippen molar-refractivity contribution in [1.29, 1.82) is 0 Å². The molecule has 34 heavy (non-hydrogen) atoms. The molecule has 0 radical (unpaired) electrons. The van der Waals surface area contributed by atoms with Crippen molar-refractivity contribution in [3.8, 4) is 11.5 Å². The summed E-state index contributed by atoms with van der Waals surface area (Å²) in [6, 6.07) is 3.04. The van der Waals surface area contributed by atoms with Gasteiger partial charge in [-0.1, -0.05) is 32.3 Å². The number of carbonyl (C=O) groups is 4. The Morgan fingerprint density at radius 2 is 1.97 bits per heavy atom. The molecule has 3 unspecified atom stereocenters. The van der Waals surface area contributed by atoms with Gasteiger partial charge in [-0.2, -0.15) is 11.8 Å². The van der Waals surface area contributed by atoms with Crippen molar-refractivity contribution in [2.45, 2.75) is 76.1 Å². The van der Waals surface area contributed by atoms with Crippen LogP contribution >= 0.6 is 11.8 Å². The second-order valence-electron chi connectivity index (χ2n) is 8.11. The molecular formula is C24H36N2O7S. The molecule has 0 heterocycles. The number of unbranched alkanes of at least 4 members (excludes halogenated alkanes) is 2. The van der Waals surface area contributed by atoms with Gasteiger partial charge in [0.15, 0.2) is 11.5 Å². The summed E-state index contributed by atoms with van der Waals surface area (Å²) in [5, 5.41) is 23.5. The van der Waals surface area contributed by atoms with Crippen molar-refractivity contribution in [3.63, 3.8) is 0 Å². The lowest BCUT2D eigenvalue weighted by Gasteiger charge is -2.21. The van der Waals surface area contributed by atoms with Crippen LogP contribution in [0.3, 0.4) is 0 Å². The lowest BCUT2D eigenvalue weighted by Crippen LogP contribution is -2.50. The summed E-state index contributed by atoms with van der Waals surface area (Å²) in [7, 11) is 1.47. The minimum atomic E-state index is -1.17. The third-order valence-electron chi connectivity index (χ3n) is 5.34. The first-order chi connectivity index (χ1) is 16.2. The van der Waals surface area contributed by atoms with Gasteiger partial charge >= 0.3 is 5.97 Å². The molecule has 0 saturated heterocycles. The summed E-state index contributed by atoms with van der Waals surface area (Å²) >= 11 is 1.44. The summed E-state index contributed by atoms with van der Waals surface area (Å²) < 4.78 is 5.11. The van der Waals surface area contributed by atoms with Gasteiger partial charge in [0.1, 0.15) is 17.9 Å². The number of rotatable bonds is 18. The number of nitrogens with one attached hydrogen (secondary N) is 2. The average Bonchev–Trinajstić information content (AvgIpc) is 2.80. The van der Waals surface area contributed by atoms with Crippen LogP contribution in [0.1, 0.15) is 57.9 Å². The number of amides is 2. The van der Waals surface area contributed by atoms with Gasteiger partial charge in [0.2, 0.25) is 12.3 Å². The monoisotopic (exact) mass is 496 g/mol. The van der Waals surface area contributed by atoms with E-state index in [4.69, 9.17) is 9.84 Å². The molecular weight excluding hydrogens is 460 g/mol. The van der Waals surface area contributed by atoms with Gasteiger partial charge in [-0.25, -0.2) is 0 Å². The normalized spacial score (nSPS) is 13.4. The summed E-state index contributed by atoms with van der Waals surface area (Å²) in [6.45, 7) is 3.44. The first kappa shape index (κ1) is 29.3. The summed E-state index contributed by atoms with van der Waals surface area (Å²) in [6.07, 6.45) is 5.44. The molecule has 4 N–H and O–H groups in total. The Morgan fingerprint density at radius 3 is 2.59 bits per heavy atom. The van der Waals surface area contributed by atoms with Crippen molar-refractivity contribution in [2.75, 3.05) is 12.9 Å². The second-order valence-corrected chi connectivity index (χ2v) is 9.44. The average molecular weight is 497 g/mol. The summed E-state index contributed by atoms with van der Waals surface area (Å²) in [5.41, 5.74) is 0.887. The zero-order chi connectivity index (χ0) is 25.5. The smallest absolute Gasteiger partial charge is 0.325 e. The van der Waals surface area contributed by atoms with Crippen molar-refractivity contribution in [2.24, 2.45) is 0 Å². The number of carboxylic acid groups (broad SMARTS) is 1. The van der Waals surface area contributed by atoms with Gasteiger partial charge in [-0.05, 0) is 37.5 Å². The van der Waals surface area contributed by atoms with E-state index in [9.17, 15) is 24.3 Å². The standard InChI is InChI=1S/C24H36N2O7S/c1-4-5-6-7-19(34-14-20(25-15-27)23(30)26-16(2)24(31)32)13-18(28)10-8-17-9-11-21(29)22(12-17)33-3/h9,11-12,15-16,19-20,29H,4-8,10,13-14H2,1-3H3,(H,25,27)(H,26,30)(H,31,32). The third-order valence-corrected chi connectivity index (χ3v) is 6.73. The first-order valence-corrected chi connectivity index (χ1v) is 12.5. The number of hydrogen-bond donors (Lipinski definition) is 4. The Bertz CT molecular complexity index is 819.